The van der Waals surface area contributed by atoms with E-state index in [4.69, 9.17) is 5.73 Å². The molecule has 5 nitrogen and oxygen atoms in total. The van der Waals surface area contributed by atoms with Gasteiger partial charge in [-0.1, -0.05) is 60.7 Å². The summed E-state index contributed by atoms with van der Waals surface area (Å²) in [7, 11) is 0. The first kappa shape index (κ1) is 17.5. The van der Waals surface area contributed by atoms with E-state index in [0.717, 1.165) is 17.0 Å². The summed E-state index contributed by atoms with van der Waals surface area (Å²) in [5.41, 5.74) is 9.19. The molecule has 2 amide bonds. The van der Waals surface area contributed by atoms with Crippen molar-refractivity contribution >= 4 is 11.8 Å². The summed E-state index contributed by atoms with van der Waals surface area (Å²) >= 11 is 0. The number of aromatic nitrogens is 1. The minimum atomic E-state index is -0.813. The van der Waals surface area contributed by atoms with Crippen molar-refractivity contribution in [1.29, 1.82) is 0 Å². The Kier molecular flexibility index (Phi) is 5.49. The lowest BCUT2D eigenvalue weighted by Crippen LogP contribution is -2.37. The Morgan fingerprint density at radius 2 is 1.58 bits per heavy atom. The fourth-order valence-corrected chi connectivity index (χ4v) is 2.82. The maximum Gasteiger partial charge on any atom is 0.244 e. The van der Waals surface area contributed by atoms with Gasteiger partial charge in [-0.05, 0) is 29.7 Å². The second-order valence-corrected chi connectivity index (χ2v) is 6.08. The molecule has 4 N–H and O–H groups in total. The van der Waals surface area contributed by atoms with Crippen molar-refractivity contribution in [1.82, 2.24) is 10.3 Å². The Morgan fingerprint density at radius 1 is 0.923 bits per heavy atom. The SMILES string of the molecule is NC(=O)[C@@H](NC(=O)CCc1ccc(-c2ccccc2)[nH]1)c1ccccc1. The van der Waals surface area contributed by atoms with E-state index in [-0.39, 0.29) is 12.3 Å². The molecule has 0 unspecified atom stereocenters. The third-order valence-electron chi connectivity index (χ3n) is 4.18. The zero-order valence-electron chi connectivity index (χ0n) is 14.3. The normalized spacial score (nSPS) is 11.7. The average Bonchev–Trinajstić information content (AvgIpc) is 3.15. The highest BCUT2D eigenvalue weighted by Crippen LogP contribution is 2.18. The highest BCUT2D eigenvalue weighted by molar-refractivity contribution is 5.87. The number of amides is 2. The van der Waals surface area contributed by atoms with Gasteiger partial charge >= 0.3 is 0 Å². The largest absolute Gasteiger partial charge is 0.368 e. The average molecular weight is 347 g/mol. The Hall–Kier alpha value is -3.34. The van der Waals surface area contributed by atoms with Crippen LogP contribution in [0.25, 0.3) is 11.3 Å². The van der Waals surface area contributed by atoms with Gasteiger partial charge in [0.2, 0.25) is 11.8 Å². The van der Waals surface area contributed by atoms with Crippen molar-refractivity contribution < 1.29 is 9.59 Å². The molecule has 132 valence electrons. The van der Waals surface area contributed by atoms with E-state index in [0.29, 0.717) is 12.0 Å². The van der Waals surface area contributed by atoms with E-state index in [2.05, 4.69) is 10.3 Å². The Balaban J connectivity index is 1.59. The van der Waals surface area contributed by atoms with Crippen LogP contribution in [0, 0.1) is 0 Å². The molecule has 0 aliphatic rings. The molecule has 0 bridgehead atoms. The van der Waals surface area contributed by atoms with E-state index in [1.54, 1.807) is 12.1 Å². The molecule has 0 aliphatic carbocycles. The van der Waals surface area contributed by atoms with Crippen molar-refractivity contribution in [2.75, 3.05) is 0 Å². The maximum absolute atomic E-state index is 12.2. The number of H-pyrrole nitrogens is 1. The molecule has 1 atom stereocenters. The number of carbonyl (C=O) groups excluding carboxylic acids is 2. The standard InChI is InChI=1S/C21H21N3O2/c22-21(26)20(16-9-5-2-6-10-16)24-19(25)14-12-17-11-13-18(23-17)15-7-3-1-4-8-15/h1-11,13,20,23H,12,14H2,(H2,22,26)(H,24,25)/t20-/m0/s1. The van der Waals surface area contributed by atoms with Gasteiger partial charge in [0, 0.05) is 17.8 Å². The van der Waals surface area contributed by atoms with Gasteiger partial charge in [0.1, 0.15) is 6.04 Å². The molecule has 0 radical (unpaired) electrons. The Bertz CT molecular complexity index is 873. The molecule has 26 heavy (non-hydrogen) atoms. The summed E-state index contributed by atoms with van der Waals surface area (Å²) < 4.78 is 0. The van der Waals surface area contributed by atoms with Crippen LogP contribution in [0.1, 0.15) is 23.7 Å². The van der Waals surface area contributed by atoms with Crippen LogP contribution in [0.15, 0.2) is 72.8 Å². The lowest BCUT2D eigenvalue weighted by atomic mass is 10.1. The first-order valence-electron chi connectivity index (χ1n) is 8.50. The van der Waals surface area contributed by atoms with Crippen LogP contribution in [0.5, 0.6) is 0 Å². The number of benzene rings is 2. The van der Waals surface area contributed by atoms with Gasteiger partial charge in [-0.3, -0.25) is 9.59 Å². The van der Waals surface area contributed by atoms with Crippen LogP contribution in [0.3, 0.4) is 0 Å². The summed E-state index contributed by atoms with van der Waals surface area (Å²) in [5.74, 6) is -0.788. The smallest absolute Gasteiger partial charge is 0.244 e. The lowest BCUT2D eigenvalue weighted by Gasteiger charge is -2.15. The molecule has 3 aromatic rings. The highest BCUT2D eigenvalue weighted by atomic mass is 16.2. The van der Waals surface area contributed by atoms with Crippen LogP contribution in [0.4, 0.5) is 0 Å². The number of hydrogen-bond donors (Lipinski definition) is 3. The zero-order chi connectivity index (χ0) is 18.4. The van der Waals surface area contributed by atoms with Gasteiger partial charge in [0.25, 0.3) is 0 Å². The topological polar surface area (TPSA) is 88.0 Å². The van der Waals surface area contributed by atoms with Crippen LogP contribution < -0.4 is 11.1 Å². The van der Waals surface area contributed by atoms with E-state index in [1.807, 2.05) is 60.7 Å². The number of hydrogen-bond acceptors (Lipinski definition) is 2. The molecule has 0 fully saturated rings. The molecule has 1 heterocycles. The van der Waals surface area contributed by atoms with Crippen LogP contribution in [0.2, 0.25) is 0 Å². The van der Waals surface area contributed by atoms with E-state index >= 15 is 0 Å². The molecule has 1 aromatic heterocycles. The minimum absolute atomic E-state index is 0.214. The number of rotatable bonds is 7. The summed E-state index contributed by atoms with van der Waals surface area (Å²) in [6.07, 6.45) is 0.824. The fraction of sp³-hybridized carbons (Fsp3) is 0.143. The summed E-state index contributed by atoms with van der Waals surface area (Å²) in [6.45, 7) is 0. The lowest BCUT2D eigenvalue weighted by molar-refractivity contribution is -0.127. The predicted octanol–water partition coefficient (Wildman–Crippen LogP) is 2.96. The fourth-order valence-electron chi connectivity index (χ4n) is 2.82. The Morgan fingerprint density at radius 3 is 2.23 bits per heavy atom. The second-order valence-electron chi connectivity index (χ2n) is 6.08. The Labute approximate surface area is 152 Å². The van der Waals surface area contributed by atoms with E-state index < -0.39 is 11.9 Å². The number of aryl methyl sites for hydroxylation is 1. The van der Waals surface area contributed by atoms with Gasteiger partial charge in [0.05, 0.1) is 0 Å². The summed E-state index contributed by atoms with van der Waals surface area (Å²) in [5, 5.41) is 2.71. The van der Waals surface area contributed by atoms with Crippen molar-refractivity contribution in [3.63, 3.8) is 0 Å². The number of primary amides is 1. The third kappa shape index (κ3) is 4.39. The van der Waals surface area contributed by atoms with Crippen LogP contribution >= 0.6 is 0 Å². The first-order valence-corrected chi connectivity index (χ1v) is 8.50. The number of aromatic amines is 1. The molecule has 0 spiro atoms. The van der Waals surface area contributed by atoms with Crippen molar-refractivity contribution in [3.8, 4) is 11.3 Å². The van der Waals surface area contributed by atoms with Gasteiger partial charge in [0.15, 0.2) is 0 Å². The predicted molar refractivity (Wildman–Crippen MR) is 101 cm³/mol. The highest BCUT2D eigenvalue weighted by Gasteiger charge is 2.19. The second kappa shape index (κ2) is 8.16. The molecule has 3 rings (SSSR count). The van der Waals surface area contributed by atoms with Crippen LogP contribution in [-0.4, -0.2) is 16.8 Å². The first-order chi connectivity index (χ1) is 12.6. The molecular weight excluding hydrogens is 326 g/mol. The minimum Gasteiger partial charge on any atom is -0.368 e. The third-order valence-corrected chi connectivity index (χ3v) is 4.18. The molecule has 0 saturated heterocycles. The molecular formula is C21H21N3O2. The van der Waals surface area contributed by atoms with Crippen LogP contribution in [-0.2, 0) is 16.0 Å². The monoisotopic (exact) mass is 347 g/mol. The molecule has 5 heteroatoms. The van der Waals surface area contributed by atoms with Gasteiger partial charge in [-0.2, -0.15) is 0 Å². The molecule has 0 saturated carbocycles. The van der Waals surface area contributed by atoms with E-state index in [9.17, 15) is 9.59 Å². The van der Waals surface area contributed by atoms with Crippen molar-refractivity contribution in [2.24, 2.45) is 5.73 Å². The van der Waals surface area contributed by atoms with Crippen molar-refractivity contribution in [2.45, 2.75) is 18.9 Å². The molecule has 0 aliphatic heterocycles. The number of nitrogens with two attached hydrogens (primary N) is 1. The van der Waals surface area contributed by atoms with Gasteiger partial charge in [-0.15, -0.1) is 0 Å². The molecule has 2 aromatic carbocycles. The van der Waals surface area contributed by atoms with Crippen molar-refractivity contribution in [3.05, 3.63) is 84.1 Å². The zero-order valence-corrected chi connectivity index (χ0v) is 14.3. The van der Waals surface area contributed by atoms with Gasteiger partial charge < -0.3 is 16.0 Å². The summed E-state index contributed by atoms with van der Waals surface area (Å²) in [4.78, 5) is 27.2. The summed E-state index contributed by atoms with van der Waals surface area (Å²) in [6, 6.07) is 22.2. The van der Waals surface area contributed by atoms with Gasteiger partial charge in [-0.25, -0.2) is 0 Å². The van der Waals surface area contributed by atoms with E-state index in [1.165, 1.54) is 0 Å². The number of carbonyl (C=O) groups is 2. The number of nitrogens with one attached hydrogen (secondary N) is 2. The maximum atomic E-state index is 12.2. The quantitative estimate of drug-likeness (QED) is 0.613.